The van der Waals surface area contributed by atoms with Crippen LogP contribution in [0.3, 0.4) is 0 Å². The number of nitrogens with zero attached hydrogens (tertiary/aromatic N) is 1. The van der Waals surface area contributed by atoms with Gasteiger partial charge in [0.15, 0.2) is 16.6 Å². The maximum atomic E-state index is 5.51. The van der Waals surface area contributed by atoms with E-state index in [1.807, 2.05) is 37.1 Å². The highest BCUT2D eigenvalue weighted by molar-refractivity contribution is 7.80. The summed E-state index contributed by atoms with van der Waals surface area (Å²) in [4.78, 5) is 1.97. The van der Waals surface area contributed by atoms with Crippen molar-refractivity contribution in [3.63, 3.8) is 0 Å². The molecule has 0 atom stereocenters. The van der Waals surface area contributed by atoms with Gasteiger partial charge in [0.25, 0.3) is 0 Å². The summed E-state index contributed by atoms with van der Waals surface area (Å²) >= 11 is 5.32. The van der Waals surface area contributed by atoms with Gasteiger partial charge in [-0.05, 0) is 36.8 Å². The fourth-order valence-electron chi connectivity index (χ4n) is 1.83. The zero-order valence-electron chi connectivity index (χ0n) is 13.1. The second-order valence-electron chi connectivity index (χ2n) is 4.50. The first-order valence-corrected chi connectivity index (χ1v) is 7.30. The minimum absolute atomic E-state index is 0.614. The molecule has 1 aromatic carbocycles. The smallest absolute Gasteiger partial charge is 0.169 e. The van der Waals surface area contributed by atoms with Gasteiger partial charge >= 0.3 is 0 Å². The van der Waals surface area contributed by atoms with Gasteiger partial charge in [0.05, 0.1) is 20.3 Å². The molecule has 0 amide bonds. The molecule has 1 rings (SSSR count). The molecule has 0 saturated carbocycles. The van der Waals surface area contributed by atoms with E-state index in [1.54, 1.807) is 14.2 Å². The maximum absolute atomic E-state index is 5.51. The fourth-order valence-corrected chi connectivity index (χ4v) is 1.99. The molecule has 21 heavy (non-hydrogen) atoms. The molecule has 0 aliphatic heterocycles. The summed E-state index contributed by atoms with van der Waals surface area (Å²) in [6.45, 7) is 4.59. The Kier molecular flexibility index (Phi) is 7.85. The molecule has 1 N–H and O–H groups in total. The van der Waals surface area contributed by atoms with Gasteiger partial charge in [-0.1, -0.05) is 6.07 Å². The first-order chi connectivity index (χ1) is 10.1. The zero-order valence-corrected chi connectivity index (χ0v) is 14.0. The van der Waals surface area contributed by atoms with Crippen molar-refractivity contribution in [1.29, 1.82) is 0 Å². The van der Waals surface area contributed by atoms with Gasteiger partial charge < -0.3 is 24.4 Å². The minimum atomic E-state index is 0.614. The highest BCUT2D eigenvalue weighted by Gasteiger charge is 2.09. The second kappa shape index (κ2) is 9.41. The van der Waals surface area contributed by atoms with Gasteiger partial charge in [-0.25, -0.2) is 0 Å². The van der Waals surface area contributed by atoms with Crippen molar-refractivity contribution >= 4 is 17.3 Å². The van der Waals surface area contributed by atoms with Crippen LogP contribution in [0.5, 0.6) is 11.5 Å². The minimum Gasteiger partial charge on any atom is -0.493 e. The monoisotopic (exact) mass is 312 g/mol. The van der Waals surface area contributed by atoms with Crippen molar-refractivity contribution in [2.24, 2.45) is 0 Å². The molecule has 0 saturated heterocycles. The van der Waals surface area contributed by atoms with Crippen LogP contribution in [-0.2, 0) is 11.3 Å². The molecule has 0 aliphatic carbocycles. The first-order valence-electron chi connectivity index (χ1n) is 6.90. The molecular weight excluding hydrogens is 288 g/mol. The number of hydrogen-bond donors (Lipinski definition) is 1. The number of ether oxygens (including phenoxy) is 3. The van der Waals surface area contributed by atoms with Crippen LogP contribution < -0.4 is 14.8 Å². The lowest BCUT2D eigenvalue weighted by atomic mass is 10.2. The summed E-state index contributed by atoms with van der Waals surface area (Å²) in [5.74, 6) is 1.49. The number of thiocarbonyl (C=S) groups is 1. The van der Waals surface area contributed by atoms with Crippen LogP contribution in [-0.4, -0.2) is 51.0 Å². The molecule has 0 fully saturated rings. The van der Waals surface area contributed by atoms with Crippen molar-refractivity contribution in [2.45, 2.75) is 13.5 Å². The van der Waals surface area contributed by atoms with Crippen LogP contribution in [0.4, 0.5) is 0 Å². The number of hydrogen-bond acceptors (Lipinski definition) is 4. The van der Waals surface area contributed by atoms with E-state index in [2.05, 4.69) is 5.32 Å². The summed E-state index contributed by atoms with van der Waals surface area (Å²) in [6.07, 6.45) is 0. The molecule has 0 radical (unpaired) electrons. The Bertz CT molecular complexity index is 455. The molecule has 0 aromatic heterocycles. The van der Waals surface area contributed by atoms with Gasteiger partial charge in [-0.3, -0.25) is 0 Å². The highest BCUT2D eigenvalue weighted by Crippen LogP contribution is 2.28. The Labute approximate surface area is 132 Å². The summed E-state index contributed by atoms with van der Waals surface area (Å²) in [5, 5.41) is 3.83. The van der Waals surface area contributed by atoms with Crippen LogP contribution in [0.1, 0.15) is 12.5 Å². The van der Waals surface area contributed by atoms with Crippen molar-refractivity contribution in [2.75, 3.05) is 41.0 Å². The Morgan fingerprint density at radius 3 is 2.67 bits per heavy atom. The summed E-state index contributed by atoms with van der Waals surface area (Å²) in [7, 11) is 5.26. The fraction of sp³-hybridized carbons (Fsp3) is 0.533. The Morgan fingerprint density at radius 2 is 2.05 bits per heavy atom. The van der Waals surface area contributed by atoms with Crippen LogP contribution in [0.2, 0.25) is 0 Å². The molecule has 118 valence electrons. The Morgan fingerprint density at radius 1 is 1.29 bits per heavy atom. The van der Waals surface area contributed by atoms with E-state index in [1.165, 1.54) is 0 Å². The van der Waals surface area contributed by atoms with Gasteiger partial charge in [0, 0.05) is 27.2 Å². The van der Waals surface area contributed by atoms with E-state index >= 15 is 0 Å². The number of rotatable bonds is 8. The standard InChI is InChI=1S/C15H24N2O3S/c1-5-20-13-7-6-12(10-14(13)19-4)11-17(2)15(21)16-8-9-18-3/h6-7,10H,5,8-9,11H2,1-4H3,(H,16,21). The molecule has 0 heterocycles. The second-order valence-corrected chi connectivity index (χ2v) is 4.89. The van der Waals surface area contributed by atoms with Gasteiger partial charge in [-0.2, -0.15) is 0 Å². The maximum Gasteiger partial charge on any atom is 0.169 e. The van der Waals surface area contributed by atoms with Crippen LogP contribution >= 0.6 is 12.2 Å². The van der Waals surface area contributed by atoms with Crippen molar-refractivity contribution in [3.05, 3.63) is 23.8 Å². The summed E-state index contributed by atoms with van der Waals surface area (Å²) in [5.41, 5.74) is 1.11. The lowest BCUT2D eigenvalue weighted by Crippen LogP contribution is -2.38. The van der Waals surface area contributed by atoms with Gasteiger partial charge in [0.2, 0.25) is 0 Å². The quantitative estimate of drug-likeness (QED) is 0.585. The average Bonchev–Trinajstić information content (AvgIpc) is 2.49. The van der Waals surface area contributed by atoms with E-state index in [0.717, 1.165) is 17.1 Å². The third-order valence-electron chi connectivity index (χ3n) is 2.88. The topological polar surface area (TPSA) is 43.0 Å². The zero-order chi connectivity index (χ0) is 15.7. The van der Waals surface area contributed by atoms with E-state index in [0.29, 0.717) is 31.4 Å². The molecule has 0 unspecified atom stereocenters. The molecule has 1 aromatic rings. The number of benzene rings is 1. The highest BCUT2D eigenvalue weighted by atomic mass is 32.1. The lowest BCUT2D eigenvalue weighted by Gasteiger charge is -2.21. The normalized spacial score (nSPS) is 10.1. The molecule has 5 nitrogen and oxygen atoms in total. The van der Waals surface area contributed by atoms with Crippen LogP contribution in [0.15, 0.2) is 18.2 Å². The first kappa shape index (κ1) is 17.5. The average molecular weight is 312 g/mol. The van der Waals surface area contributed by atoms with Crippen molar-refractivity contribution in [3.8, 4) is 11.5 Å². The summed E-state index contributed by atoms with van der Waals surface area (Å²) < 4.78 is 15.8. The van der Waals surface area contributed by atoms with Crippen LogP contribution in [0, 0.1) is 0 Å². The largest absolute Gasteiger partial charge is 0.493 e. The van der Waals surface area contributed by atoms with E-state index in [4.69, 9.17) is 26.4 Å². The Balaban J connectivity index is 2.63. The molecule has 6 heteroatoms. The van der Waals surface area contributed by atoms with Gasteiger partial charge in [-0.15, -0.1) is 0 Å². The lowest BCUT2D eigenvalue weighted by molar-refractivity contribution is 0.203. The van der Waals surface area contributed by atoms with E-state index < -0.39 is 0 Å². The van der Waals surface area contributed by atoms with Crippen molar-refractivity contribution < 1.29 is 14.2 Å². The van der Waals surface area contributed by atoms with E-state index in [9.17, 15) is 0 Å². The Hall–Kier alpha value is -1.53. The van der Waals surface area contributed by atoms with E-state index in [-0.39, 0.29) is 0 Å². The summed E-state index contributed by atoms with van der Waals surface area (Å²) in [6, 6.07) is 5.91. The van der Waals surface area contributed by atoms with Crippen molar-refractivity contribution in [1.82, 2.24) is 10.2 Å². The molecule has 0 aliphatic rings. The SMILES string of the molecule is CCOc1ccc(CN(C)C(=S)NCCOC)cc1OC. The third-order valence-corrected chi connectivity index (χ3v) is 3.33. The van der Waals surface area contributed by atoms with Crippen LogP contribution in [0.25, 0.3) is 0 Å². The molecule has 0 bridgehead atoms. The number of nitrogens with one attached hydrogen (secondary N) is 1. The predicted molar refractivity (Wildman–Crippen MR) is 88.1 cm³/mol. The van der Waals surface area contributed by atoms with Gasteiger partial charge in [0.1, 0.15) is 0 Å². The number of methoxy groups -OCH3 is 2. The third kappa shape index (κ3) is 5.77. The predicted octanol–water partition coefficient (Wildman–Crippen LogP) is 2.05. The molecular formula is C15H24N2O3S. The molecule has 0 spiro atoms.